The molecule has 3 fully saturated rings. The number of hydrogen-bond donors (Lipinski definition) is 3. The lowest BCUT2D eigenvalue weighted by Crippen LogP contribution is -2.75. The maximum atomic E-state index is 13.4. The summed E-state index contributed by atoms with van der Waals surface area (Å²) in [5.74, 6) is 0.489. The van der Waals surface area contributed by atoms with Crippen LogP contribution in [-0.4, -0.2) is 44.3 Å². The van der Waals surface area contributed by atoms with Crippen molar-refractivity contribution in [3.05, 3.63) is 42.0 Å². The van der Waals surface area contributed by atoms with E-state index in [2.05, 4.69) is 22.2 Å². The molecular formula is C24H27FN6O2. The molecule has 1 aromatic heterocycles. The number of anilines is 1. The Labute approximate surface area is 191 Å². The fraction of sp³-hybridized carbons (Fsp3) is 0.458. The van der Waals surface area contributed by atoms with E-state index in [1.54, 1.807) is 17.0 Å². The molecular weight excluding hydrogens is 423 g/mol. The summed E-state index contributed by atoms with van der Waals surface area (Å²) in [5, 5.41) is 19.7. The maximum Gasteiger partial charge on any atom is 0.322 e. The molecule has 3 N–H and O–H groups in total. The Hall–Kier alpha value is -3.36. The first-order chi connectivity index (χ1) is 15.8. The lowest BCUT2D eigenvalue weighted by atomic mass is 9.64. The summed E-state index contributed by atoms with van der Waals surface area (Å²) in [5.41, 5.74) is 1.37. The molecule has 3 heterocycles. The van der Waals surface area contributed by atoms with Crippen molar-refractivity contribution in [3.8, 4) is 11.4 Å². The van der Waals surface area contributed by atoms with Gasteiger partial charge in [-0.2, -0.15) is 0 Å². The Morgan fingerprint density at radius 1 is 1.24 bits per heavy atom. The monoisotopic (exact) mass is 450 g/mol. The summed E-state index contributed by atoms with van der Waals surface area (Å²) in [6.07, 6.45) is 6.30. The van der Waals surface area contributed by atoms with Gasteiger partial charge in [-0.3, -0.25) is 10.8 Å². The van der Waals surface area contributed by atoms with Gasteiger partial charge in [0, 0.05) is 29.6 Å². The van der Waals surface area contributed by atoms with Gasteiger partial charge >= 0.3 is 6.03 Å². The quantitative estimate of drug-likeness (QED) is 0.461. The van der Waals surface area contributed by atoms with Gasteiger partial charge in [-0.25, -0.2) is 19.2 Å². The minimum atomic E-state index is -0.804. The zero-order chi connectivity index (χ0) is 23.3. The Bertz CT molecular complexity index is 1130. The van der Waals surface area contributed by atoms with Crippen LogP contribution in [0, 0.1) is 35.4 Å². The molecule has 2 aromatic rings. The number of piperidine rings is 1. The van der Waals surface area contributed by atoms with Crippen LogP contribution in [0.25, 0.3) is 11.4 Å². The van der Waals surface area contributed by atoms with Crippen LogP contribution in [0.1, 0.15) is 44.6 Å². The summed E-state index contributed by atoms with van der Waals surface area (Å²) in [6, 6.07) is 5.18. The Morgan fingerprint density at radius 2 is 1.97 bits per heavy atom. The molecule has 3 aliphatic rings. The highest BCUT2D eigenvalue weighted by Gasteiger charge is 2.62. The number of aromatic nitrogens is 2. The molecule has 2 saturated heterocycles. The van der Waals surface area contributed by atoms with Crippen molar-refractivity contribution in [3.63, 3.8) is 0 Å². The van der Waals surface area contributed by atoms with Gasteiger partial charge in [0.15, 0.2) is 17.5 Å². The van der Waals surface area contributed by atoms with Gasteiger partial charge in [-0.15, -0.1) is 0 Å². The van der Waals surface area contributed by atoms with Crippen molar-refractivity contribution in [1.29, 1.82) is 10.8 Å². The van der Waals surface area contributed by atoms with E-state index in [9.17, 15) is 9.18 Å². The predicted molar refractivity (Wildman–Crippen MR) is 122 cm³/mol. The average Bonchev–Trinajstić information content (AvgIpc) is 3.60. The molecule has 172 valence electrons. The van der Waals surface area contributed by atoms with Gasteiger partial charge in [0.1, 0.15) is 5.54 Å². The molecule has 0 radical (unpaired) electrons. The number of halogens is 1. The van der Waals surface area contributed by atoms with Crippen LogP contribution in [0.4, 0.5) is 14.9 Å². The van der Waals surface area contributed by atoms with E-state index in [-0.39, 0.29) is 29.8 Å². The van der Waals surface area contributed by atoms with Crippen molar-refractivity contribution < 1.29 is 13.9 Å². The van der Waals surface area contributed by atoms with E-state index in [1.165, 1.54) is 0 Å². The number of fused-ring (bicyclic) bond motifs is 2. The highest BCUT2D eigenvalue weighted by atomic mass is 19.1. The fourth-order valence-corrected chi connectivity index (χ4v) is 5.18. The second-order valence-corrected chi connectivity index (χ2v) is 9.56. The zero-order valence-electron chi connectivity index (χ0n) is 18.7. The maximum absolute atomic E-state index is 13.4. The van der Waals surface area contributed by atoms with Crippen LogP contribution in [0.5, 0.6) is 0 Å². The molecule has 33 heavy (non-hydrogen) atoms. The van der Waals surface area contributed by atoms with E-state index in [4.69, 9.17) is 15.6 Å². The number of aryl methyl sites for hydroxylation is 1. The van der Waals surface area contributed by atoms with Crippen molar-refractivity contribution in [1.82, 2.24) is 14.9 Å². The SMILES string of the molecule is Cc1ccc(NC(=O)N2C3C[C@H](C)CC2(C(=N)OC(=N)C2CC2)C3)cc1-c1ncc(F)cn1. The fourth-order valence-electron chi connectivity index (χ4n) is 5.18. The standard InChI is InChI=1S/C24H27FN6O2/c1-13-7-18-10-24(9-13,22(27)33-20(26)15-4-5-15)31(18)23(32)30-17-6-3-14(2)19(8-17)21-28-11-16(25)12-29-21/h3,6,8,11-13,15,18,26-27H,4-5,7,9-10H2,1-2H3,(H,30,32)/t13-,18?,24?/m0/s1. The molecule has 8 nitrogen and oxygen atoms in total. The number of carbonyl (C=O) groups excluding carboxylic acids is 1. The highest BCUT2D eigenvalue weighted by molar-refractivity contribution is 6.01. The summed E-state index contributed by atoms with van der Waals surface area (Å²) in [7, 11) is 0. The third-order valence-electron chi connectivity index (χ3n) is 6.91. The van der Waals surface area contributed by atoms with Crippen LogP contribution in [0.3, 0.4) is 0 Å². The van der Waals surface area contributed by atoms with E-state index in [0.717, 1.165) is 37.2 Å². The topological polar surface area (TPSA) is 115 Å². The number of benzene rings is 1. The van der Waals surface area contributed by atoms with Gasteiger partial charge in [0.2, 0.25) is 5.90 Å². The molecule has 2 amide bonds. The lowest BCUT2D eigenvalue weighted by Gasteiger charge is -2.62. The smallest absolute Gasteiger partial charge is 0.322 e. The largest absolute Gasteiger partial charge is 0.427 e. The van der Waals surface area contributed by atoms with Crippen molar-refractivity contribution in [2.75, 3.05) is 5.32 Å². The Morgan fingerprint density at radius 3 is 2.67 bits per heavy atom. The highest BCUT2D eigenvalue weighted by Crippen LogP contribution is 2.51. The molecule has 2 bridgehead atoms. The number of hydrogen-bond acceptors (Lipinski definition) is 6. The van der Waals surface area contributed by atoms with Crippen molar-refractivity contribution in [2.24, 2.45) is 11.8 Å². The Kier molecular flexibility index (Phi) is 5.14. The number of urea groups is 1. The number of ether oxygens (including phenoxy) is 1. The zero-order valence-corrected chi connectivity index (χ0v) is 18.7. The van der Waals surface area contributed by atoms with Crippen LogP contribution in [0.15, 0.2) is 30.6 Å². The van der Waals surface area contributed by atoms with E-state index < -0.39 is 11.4 Å². The average molecular weight is 451 g/mol. The first-order valence-electron chi connectivity index (χ1n) is 11.3. The molecule has 9 heteroatoms. The van der Waals surface area contributed by atoms with Gasteiger partial charge in [-0.1, -0.05) is 13.0 Å². The second-order valence-electron chi connectivity index (χ2n) is 9.56. The minimum absolute atomic E-state index is 0.00153. The predicted octanol–water partition coefficient (Wildman–Crippen LogP) is 4.75. The van der Waals surface area contributed by atoms with Crippen molar-refractivity contribution >= 4 is 23.5 Å². The van der Waals surface area contributed by atoms with E-state index in [1.807, 2.05) is 13.0 Å². The molecule has 0 spiro atoms. The van der Waals surface area contributed by atoms with Gasteiger partial charge in [0.05, 0.1) is 12.4 Å². The van der Waals surface area contributed by atoms with Crippen LogP contribution >= 0.6 is 0 Å². The summed E-state index contributed by atoms with van der Waals surface area (Å²) in [4.78, 5) is 23.2. The molecule has 3 atom stereocenters. The summed E-state index contributed by atoms with van der Waals surface area (Å²) < 4.78 is 18.9. The number of carbonyl (C=O) groups is 1. The first-order valence-corrected chi connectivity index (χ1v) is 11.3. The number of nitrogens with one attached hydrogen (secondary N) is 3. The molecule has 1 aliphatic carbocycles. The van der Waals surface area contributed by atoms with Gasteiger partial charge in [0.25, 0.3) is 0 Å². The summed E-state index contributed by atoms with van der Waals surface area (Å²) >= 11 is 0. The van der Waals surface area contributed by atoms with Crippen LogP contribution in [0.2, 0.25) is 0 Å². The van der Waals surface area contributed by atoms with Crippen molar-refractivity contribution in [2.45, 2.75) is 57.5 Å². The third kappa shape index (κ3) is 3.85. The second kappa shape index (κ2) is 7.90. The van der Waals surface area contributed by atoms with Crippen LogP contribution < -0.4 is 5.32 Å². The normalized spacial score (nSPS) is 25.7. The molecule has 1 saturated carbocycles. The van der Waals surface area contributed by atoms with Gasteiger partial charge < -0.3 is 15.0 Å². The van der Waals surface area contributed by atoms with E-state index >= 15 is 0 Å². The minimum Gasteiger partial charge on any atom is -0.427 e. The first kappa shape index (κ1) is 21.5. The molecule has 5 rings (SSSR count). The molecule has 1 aromatic carbocycles. The number of rotatable bonds is 4. The van der Waals surface area contributed by atoms with Gasteiger partial charge in [-0.05, 0) is 56.2 Å². The lowest BCUT2D eigenvalue weighted by molar-refractivity contribution is -0.0540. The number of nitrogens with zero attached hydrogens (tertiary/aromatic N) is 3. The van der Waals surface area contributed by atoms with Crippen LogP contribution in [-0.2, 0) is 4.74 Å². The number of amides is 2. The van der Waals surface area contributed by atoms with E-state index in [0.29, 0.717) is 35.8 Å². The molecule has 2 aliphatic heterocycles. The molecule has 2 unspecified atom stereocenters. The Balaban J connectivity index is 1.36. The third-order valence-corrected chi connectivity index (χ3v) is 6.91. The summed E-state index contributed by atoms with van der Waals surface area (Å²) in [6.45, 7) is 4.03.